The average Bonchev–Trinajstić information content (AvgIpc) is 2.34. The van der Waals surface area contributed by atoms with E-state index in [-0.39, 0.29) is 6.09 Å². The van der Waals surface area contributed by atoms with Crippen molar-refractivity contribution in [3.63, 3.8) is 0 Å². The summed E-state index contributed by atoms with van der Waals surface area (Å²) in [6.45, 7) is 10.6. The minimum atomic E-state index is -0.730. The van der Waals surface area contributed by atoms with Crippen molar-refractivity contribution in [3.8, 4) is 0 Å². The van der Waals surface area contributed by atoms with Gasteiger partial charge in [0.05, 0.1) is 5.41 Å². The van der Waals surface area contributed by atoms with Gasteiger partial charge >= 0.3 is 12.1 Å². The smallest absolute Gasteiger partial charge is 0.410 e. The fourth-order valence-electron chi connectivity index (χ4n) is 2.58. The quantitative estimate of drug-likeness (QED) is 0.862. The predicted molar refractivity (Wildman–Crippen MR) is 81.2 cm³/mol. The van der Waals surface area contributed by atoms with Gasteiger partial charge < -0.3 is 14.7 Å². The normalized spacial score (nSPS) is 18.7. The molecule has 0 radical (unpaired) electrons. The van der Waals surface area contributed by atoms with Crippen molar-refractivity contribution >= 4 is 12.1 Å². The van der Waals surface area contributed by atoms with Crippen LogP contribution in [0, 0.1) is 11.3 Å². The van der Waals surface area contributed by atoms with E-state index in [1.54, 1.807) is 4.90 Å². The van der Waals surface area contributed by atoms with Gasteiger partial charge in [-0.15, -0.1) is 0 Å². The number of ether oxygens (including phenoxy) is 1. The first-order valence-corrected chi connectivity index (χ1v) is 7.77. The second kappa shape index (κ2) is 6.67. The highest BCUT2D eigenvalue weighted by atomic mass is 16.6. The Morgan fingerprint density at radius 1 is 1.24 bits per heavy atom. The van der Waals surface area contributed by atoms with E-state index in [0.717, 1.165) is 6.42 Å². The number of rotatable bonds is 4. The van der Waals surface area contributed by atoms with Crippen molar-refractivity contribution in [2.24, 2.45) is 11.3 Å². The predicted octanol–water partition coefficient (Wildman–Crippen LogP) is 3.52. The van der Waals surface area contributed by atoms with Crippen molar-refractivity contribution in [3.05, 3.63) is 0 Å². The number of aliphatic carboxylic acids is 1. The average molecular weight is 299 g/mol. The van der Waals surface area contributed by atoms with Gasteiger partial charge in [0.15, 0.2) is 0 Å². The third-order valence-electron chi connectivity index (χ3n) is 4.03. The Kier molecular flexibility index (Phi) is 5.65. The molecule has 1 rings (SSSR count). The topological polar surface area (TPSA) is 66.8 Å². The SMILES string of the molecule is CC(C)CCC1(C(=O)O)CCN(C(=O)OC(C)(C)C)CC1. The molecular weight excluding hydrogens is 270 g/mol. The van der Waals surface area contributed by atoms with Crippen LogP contribution in [0.4, 0.5) is 4.79 Å². The van der Waals surface area contributed by atoms with Crippen LogP contribution in [0.2, 0.25) is 0 Å². The Morgan fingerprint density at radius 3 is 2.14 bits per heavy atom. The Labute approximate surface area is 127 Å². The lowest BCUT2D eigenvalue weighted by Gasteiger charge is -2.39. The van der Waals surface area contributed by atoms with Gasteiger partial charge in [-0.1, -0.05) is 13.8 Å². The van der Waals surface area contributed by atoms with E-state index in [1.165, 1.54) is 0 Å². The maximum Gasteiger partial charge on any atom is 0.410 e. The highest BCUT2D eigenvalue weighted by molar-refractivity contribution is 5.75. The summed E-state index contributed by atoms with van der Waals surface area (Å²) in [5.74, 6) is -0.239. The van der Waals surface area contributed by atoms with Crippen LogP contribution in [0.25, 0.3) is 0 Å². The molecule has 1 fully saturated rings. The summed E-state index contributed by atoms with van der Waals surface area (Å²) >= 11 is 0. The number of carboxylic acid groups (broad SMARTS) is 1. The standard InChI is InChI=1S/C16H29NO4/c1-12(2)6-7-16(13(18)19)8-10-17(11-9-16)14(20)21-15(3,4)5/h12H,6-11H2,1-5H3,(H,18,19). The molecule has 1 saturated heterocycles. The number of nitrogens with zero attached hydrogens (tertiary/aromatic N) is 1. The third kappa shape index (κ3) is 5.21. The zero-order valence-corrected chi connectivity index (χ0v) is 13.9. The molecule has 0 saturated carbocycles. The largest absolute Gasteiger partial charge is 0.481 e. The van der Waals surface area contributed by atoms with Crippen LogP contribution in [-0.2, 0) is 9.53 Å². The Bertz CT molecular complexity index is 376. The lowest BCUT2D eigenvalue weighted by Crippen LogP contribution is -2.48. The van der Waals surface area contributed by atoms with Gasteiger partial charge in [-0.2, -0.15) is 0 Å². The van der Waals surface area contributed by atoms with E-state index >= 15 is 0 Å². The molecule has 0 atom stereocenters. The van der Waals surface area contributed by atoms with Crippen LogP contribution in [0.15, 0.2) is 0 Å². The number of hydrogen-bond donors (Lipinski definition) is 1. The molecule has 122 valence electrons. The van der Waals surface area contributed by atoms with Gasteiger partial charge in [0.2, 0.25) is 0 Å². The van der Waals surface area contributed by atoms with Crippen LogP contribution < -0.4 is 0 Å². The van der Waals surface area contributed by atoms with Gasteiger partial charge in [0, 0.05) is 13.1 Å². The van der Waals surface area contributed by atoms with Crippen molar-refractivity contribution < 1.29 is 19.4 Å². The molecule has 0 aliphatic carbocycles. The highest BCUT2D eigenvalue weighted by Crippen LogP contribution is 2.37. The molecule has 0 unspecified atom stereocenters. The Balaban J connectivity index is 2.62. The number of hydrogen-bond acceptors (Lipinski definition) is 3. The molecule has 1 N–H and O–H groups in total. The van der Waals surface area contributed by atoms with Gasteiger partial charge in [0.25, 0.3) is 0 Å². The number of carbonyl (C=O) groups excluding carboxylic acids is 1. The highest BCUT2D eigenvalue weighted by Gasteiger charge is 2.42. The second-order valence-corrected chi connectivity index (χ2v) is 7.49. The van der Waals surface area contributed by atoms with Crippen molar-refractivity contribution in [2.45, 2.75) is 65.9 Å². The van der Waals surface area contributed by atoms with Crippen molar-refractivity contribution in [1.29, 1.82) is 0 Å². The summed E-state index contributed by atoms with van der Waals surface area (Å²) in [4.78, 5) is 25.3. The zero-order valence-electron chi connectivity index (χ0n) is 13.9. The summed E-state index contributed by atoms with van der Waals surface area (Å²) in [6.07, 6.45) is 2.26. The first-order chi connectivity index (χ1) is 9.56. The number of carbonyl (C=O) groups is 2. The van der Waals surface area contributed by atoms with Gasteiger partial charge in [-0.05, 0) is 52.4 Å². The first kappa shape index (κ1) is 17.8. The van der Waals surface area contributed by atoms with Crippen LogP contribution in [-0.4, -0.2) is 40.8 Å². The van der Waals surface area contributed by atoms with E-state index in [1.807, 2.05) is 20.8 Å². The molecule has 1 amide bonds. The Morgan fingerprint density at radius 2 is 1.76 bits per heavy atom. The molecule has 21 heavy (non-hydrogen) atoms. The summed E-state index contributed by atoms with van der Waals surface area (Å²) in [6, 6.07) is 0. The first-order valence-electron chi connectivity index (χ1n) is 7.77. The monoisotopic (exact) mass is 299 g/mol. The van der Waals surface area contributed by atoms with Crippen LogP contribution in [0.1, 0.15) is 60.3 Å². The van der Waals surface area contributed by atoms with E-state index < -0.39 is 17.0 Å². The second-order valence-electron chi connectivity index (χ2n) is 7.49. The number of carboxylic acids is 1. The molecule has 5 nitrogen and oxygen atoms in total. The molecule has 1 aliphatic rings. The molecular formula is C16H29NO4. The fourth-order valence-corrected chi connectivity index (χ4v) is 2.58. The molecule has 0 aromatic carbocycles. The van der Waals surface area contributed by atoms with Crippen molar-refractivity contribution in [2.75, 3.05) is 13.1 Å². The maximum absolute atomic E-state index is 12.0. The van der Waals surface area contributed by atoms with Gasteiger partial charge in [-0.3, -0.25) is 4.79 Å². The van der Waals surface area contributed by atoms with Crippen LogP contribution >= 0.6 is 0 Å². The van der Waals surface area contributed by atoms with E-state index in [2.05, 4.69) is 13.8 Å². The summed E-state index contributed by atoms with van der Waals surface area (Å²) in [5.41, 5.74) is -1.20. The molecule has 1 heterocycles. The lowest BCUT2D eigenvalue weighted by molar-refractivity contribution is -0.152. The molecule has 5 heteroatoms. The lowest BCUT2D eigenvalue weighted by atomic mass is 9.74. The van der Waals surface area contributed by atoms with E-state index in [9.17, 15) is 14.7 Å². The Hall–Kier alpha value is -1.26. The maximum atomic E-state index is 12.0. The third-order valence-corrected chi connectivity index (χ3v) is 4.03. The number of amides is 1. The fraction of sp³-hybridized carbons (Fsp3) is 0.875. The minimum Gasteiger partial charge on any atom is -0.481 e. The molecule has 0 spiro atoms. The van der Waals surface area contributed by atoms with Gasteiger partial charge in [0.1, 0.15) is 5.60 Å². The van der Waals surface area contributed by atoms with E-state index in [0.29, 0.717) is 38.3 Å². The van der Waals surface area contributed by atoms with Crippen molar-refractivity contribution in [1.82, 2.24) is 4.90 Å². The van der Waals surface area contributed by atoms with Crippen LogP contribution in [0.3, 0.4) is 0 Å². The molecule has 1 aliphatic heterocycles. The molecule has 0 bridgehead atoms. The molecule has 0 aromatic heterocycles. The summed E-state index contributed by atoms with van der Waals surface area (Å²) in [5, 5.41) is 9.58. The van der Waals surface area contributed by atoms with Gasteiger partial charge in [-0.25, -0.2) is 4.79 Å². The summed E-state index contributed by atoms with van der Waals surface area (Å²) in [7, 11) is 0. The number of likely N-dealkylation sites (tertiary alicyclic amines) is 1. The number of piperidine rings is 1. The molecule has 0 aromatic rings. The van der Waals surface area contributed by atoms with Crippen LogP contribution in [0.5, 0.6) is 0 Å². The zero-order chi connectivity index (χ0) is 16.3. The minimum absolute atomic E-state index is 0.342. The van der Waals surface area contributed by atoms with E-state index in [4.69, 9.17) is 4.74 Å². The summed E-state index contributed by atoms with van der Waals surface area (Å²) < 4.78 is 5.34.